The number of hydrazine groups is 1. The van der Waals surface area contributed by atoms with E-state index in [0.29, 0.717) is 12.6 Å². The summed E-state index contributed by atoms with van der Waals surface area (Å²) in [4.78, 5) is 14.9. The molecule has 2 atom stereocenters. The van der Waals surface area contributed by atoms with Crippen molar-refractivity contribution >= 4 is 18.3 Å². The number of nitrogens with zero attached hydrogens (tertiary/aromatic N) is 1. The van der Waals surface area contributed by atoms with Gasteiger partial charge in [0.15, 0.2) is 0 Å². The molecule has 164 valence electrons. The molecule has 3 N–H and O–H groups in total. The van der Waals surface area contributed by atoms with Crippen LogP contribution in [-0.4, -0.2) is 57.2 Å². The number of benzene rings is 1. The average Bonchev–Trinajstić information content (AvgIpc) is 3.17. The molecule has 3 rings (SSSR count). The van der Waals surface area contributed by atoms with Crippen LogP contribution in [0.3, 0.4) is 0 Å². The number of piperidine rings is 1. The van der Waals surface area contributed by atoms with E-state index < -0.39 is 0 Å². The largest absolute Gasteiger partial charge is 0.384 e. The Bertz CT molecular complexity index is 652. The Morgan fingerprint density at radius 3 is 2.76 bits per heavy atom. The number of amides is 1. The zero-order chi connectivity index (χ0) is 20.0. The van der Waals surface area contributed by atoms with Gasteiger partial charge in [-0.05, 0) is 62.9 Å². The number of hydrogen-bond acceptors (Lipinski definition) is 5. The highest BCUT2D eigenvalue weighted by molar-refractivity contribution is 5.85. The van der Waals surface area contributed by atoms with Gasteiger partial charge in [0, 0.05) is 32.8 Å². The molecule has 1 amide bonds. The first kappa shape index (κ1) is 24.0. The third kappa shape index (κ3) is 6.12. The van der Waals surface area contributed by atoms with Gasteiger partial charge in [-0.2, -0.15) is 0 Å². The van der Waals surface area contributed by atoms with Crippen LogP contribution in [0.25, 0.3) is 0 Å². The van der Waals surface area contributed by atoms with E-state index in [4.69, 9.17) is 4.74 Å². The Labute approximate surface area is 179 Å². The van der Waals surface area contributed by atoms with Crippen molar-refractivity contribution in [2.45, 2.75) is 44.2 Å². The Morgan fingerprint density at radius 2 is 2.07 bits per heavy atom. The fourth-order valence-electron chi connectivity index (χ4n) is 4.44. The Balaban J connectivity index is 0.00000300. The maximum Gasteiger partial charge on any atom is 0.230 e. The van der Waals surface area contributed by atoms with Crippen molar-refractivity contribution < 1.29 is 13.9 Å². The van der Waals surface area contributed by atoms with E-state index in [1.165, 1.54) is 6.07 Å². The van der Waals surface area contributed by atoms with E-state index in [0.717, 1.165) is 57.3 Å². The molecule has 2 heterocycles. The SMILES string of the molecule is COCC1(C(=O)N(C)CCCC2CC(c3cccc(F)c3)NN2)CCNCC1.Cl. The maximum absolute atomic E-state index is 13.4. The zero-order valence-electron chi connectivity index (χ0n) is 17.4. The molecule has 0 spiro atoms. The second-order valence-corrected chi connectivity index (χ2v) is 8.16. The van der Waals surface area contributed by atoms with Gasteiger partial charge in [-0.25, -0.2) is 4.39 Å². The molecule has 0 aliphatic carbocycles. The smallest absolute Gasteiger partial charge is 0.230 e. The van der Waals surface area contributed by atoms with Crippen molar-refractivity contribution in [2.75, 3.05) is 40.4 Å². The van der Waals surface area contributed by atoms with E-state index in [2.05, 4.69) is 16.2 Å². The van der Waals surface area contributed by atoms with Crippen LogP contribution in [0.2, 0.25) is 0 Å². The van der Waals surface area contributed by atoms with Crippen molar-refractivity contribution in [3.63, 3.8) is 0 Å². The first-order valence-electron chi connectivity index (χ1n) is 10.3. The van der Waals surface area contributed by atoms with Gasteiger partial charge in [0.05, 0.1) is 12.0 Å². The van der Waals surface area contributed by atoms with E-state index in [9.17, 15) is 9.18 Å². The van der Waals surface area contributed by atoms with E-state index in [1.807, 2.05) is 18.0 Å². The van der Waals surface area contributed by atoms with Crippen molar-refractivity contribution in [1.82, 2.24) is 21.1 Å². The zero-order valence-corrected chi connectivity index (χ0v) is 18.2. The number of halogens is 2. The summed E-state index contributed by atoms with van der Waals surface area (Å²) < 4.78 is 18.8. The van der Waals surface area contributed by atoms with Gasteiger partial charge in [0.25, 0.3) is 0 Å². The lowest BCUT2D eigenvalue weighted by Gasteiger charge is -2.38. The van der Waals surface area contributed by atoms with Crippen LogP contribution in [0.5, 0.6) is 0 Å². The molecule has 8 heteroatoms. The van der Waals surface area contributed by atoms with Crippen molar-refractivity contribution in [1.29, 1.82) is 0 Å². The van der Waals surface area contributed by atoms with Crippen LogP contribution in [0.4, 0.5) is 4.39 Å². The highest BCUT2D eigenvalue weighted by atomic mass is 35.5. The molecule has 2 fully saturated rings. The molecule has 0 aromatic heterocycles. The molecule has 2 unspecified atom stereocenters. The van der Waals surface area contributed by atoms with Crippen LogP contribution in [0, 0.1) is 11.2 Å². The van der Waals surface area contributed by atoms with Gasteiger partial charge in [0.1, 0.15) is 5.82 Å². The summed E-state index contributed by atoms with van der Waals surface area (Å²) in [5, 5.41) is 3.33. The number of ether oxygens (including phenoxy) is 1. The number of carbonyl (C=O) groups is 1. The van der Waals surface area contributed by atoms with E-state index >= 15 is 0 Å². The topological polar surface area (TPSA) is 65.6 Å². The summed E-state index contributed by atoms with van der Waals surface area (Å²) in [7, 11) is 3.57. The average molecular weight is 429 g/mol. The molecular weight excluding hydrogens is 395 g/mol. The van der Waals surface area contributed by atoms with E-state index in [1.54, 1.807) is 19.2 Å². The lowest BCUT2D eigenvalue weighted by molar-refractivity contribution is -0.146. The van der Waals surface area contributed by atoms with Crippen LogP contribution < -0.4 is 16.2 Å². The van der Waals surface area contributed by atoms with Gasteiger partial charge in [0.2, 0.25) is 5.91 Å². The predicted molar refractivity (Wildman–Crippen MR) is 114 cm³/mol. The molecule has 1 aromatic rings. The molecule has 1 aromatic carbocycles. The van der Waals surface area contributed by atoms with Gasteiger partial charge in [-0.3, -0.25) is 15.6 Å². The minimum Gasteiger partial charge on any atom is -0.384 e. The van der Waals surface area contributed by atoms with Gasteiger partial charge >= 0.3 is 0 Å². The van der Waals surface area contributed by atoms with Crippen LogP contribution in [-0.2, 0) is 9.53 Å². The van der Waals surface area contributed by atoms with Crippen LogP contribution >= 0.6 is 12.4 Å². The quantitative estimate of drug-likeness (QED) is 0.593. The minimum absolute atomic E-state index is 0. The summed E-state index contributed by atoms with van der Waals surface area (Å²) >= 11 is 0. The number of carbonyl (C=O) groups excluding carboxylic acids is 1. The van der Waals surface area contributed by atoms with Gasteiger partial charge in [-0.1, -0.05) is 12.1 Å². The number of methoxy groups -OCH3 is 1. The van der Waals surface area contributed by atoms with Crippen LogP contribution in [0.1, 0.15) is 43.7 Å². The van der Waals surface area contributed by atoms with E-state index in [-0.39, 0.29) is 35.6 Å². The second kappa shape index (κ2) is 11.2. The summed E-state index contributed by atoms with van der Waals surface area (Å²) in [6.07, 6.45) is 4.47. The third-order valence-electron chi connectivity index (χ3n) is 6.06. The monoisotopic (exact) mass is 428 g/mol. The molecule has 2 saturated heterocycles. The summed E-state index contributed by atoms with van der Waals surface area (Å²) in [6, 6.07) is 7.20. The highest BCUT2D eigenvalue weighted by Gasteiger charge is 2.41. The lowest BCUT2D eigenvalue weighted by Crippen LogP contribution is -2.50. The second-order valence-electron chi connectivity index (χ2n) is 8.16. The Morgan fingerprint density at radius 1 is 1.31 bits per heavy atom. The molecule has 2 aliphatic heterocycles. The fourth-order valence-corrected chi connectivity index (χ4v) is 4.44. The Kier molecular flexibility index (Phi) is 9.30. The van der Waals surface area contributed by atoms with Crippen LogP contribution in [0.15, 0.2) is 24.3 Å². The summed E-state index contributed by atoms with van der Waals surface area (Å²) in [5.74, 6) is -0.00298. The minimum atomic E-state index is -0.385. The fraction of sp³-hybridized carbons (Fsp3) is 0.667. The lowest BCUT2D eigenvalue weighted by atomic mass is 9.78. The maximum atomic E-state index is 13.4. The Hall–Kier alpha value is -1.25. The third-order valence-corrected chi connectivity index (χ3v) is 6.06. The number of hydrogen-bond donors (Lipinski definition) is 3. The van der Waals surface area contributed by atoms with Crippen molar-refractivity contribution in [3.8, 4) is 0 Å². The molecule has 2 aliphatic rings. The first-order chi connectivity index (χ1) is 13.5. The number of rotatable bonds is 8. The van der Waals surface area contributed by atoms with Gasteiger partial charge < -0.3 is 15.0 Å². The molecule has 6 nitrogen and oxygen atoms in total. The molecular formula is C21H34ClFN4O2. The molecule has 29 heavy (non-hydrogen) atoms. The summed E-state index contributed by atoms with van der Waals surface area (Å²) in [6.45, 7) is 2.95. The molecule has 0 saturated carbocycles. The summed E-state index contributed by atoms with van der Waals surface area (Å²) in [5.41, 5.74) is 7.16. The standard InChI is InChI=1S/C21H33FN4O2.ClH/c1-26(20(27)21(15-28-2)8-10-23-11-9-21)12-4-7-18-14-19(25-24-18)16-5-3-6-17(22)13-16;/h3,5-6,13,18-19,23-25H,4,7-12,14-15H2,1-2H3;1H. The predicted octanol–water partition coefficient (Wildman–Crippen LogP) is 2.41. The highest BCUT2D eigenvalue weighted by Crippen LogP contribution is 2.31. The number of nitrogens with one attached hydrogen (secondary N) is 3. The van der Waals surface area contributed by atoms with Gasteiger partial charge in [-0.15, -0.1) is 12.4 Å². The van der Waals surface area contributed by atoms with Crippen molar-refractivity contribution in [3.05, 3.63) is 35.6 Å². The molecule has 0 bridgehead atoms. The van der Waals surface area contributed by atoms with Crippen molar-refractivity contribution in [2.24, 2.45) is 5.41 Å². The molecule has 0 radical (unpaired) electrons. The normalized spacial score (nSPS) is 23.4. The first-order valence-corrected chi connectivity index (χ1v) is 10.3.